The molecule has 12 heteroatoms. The van der Waals surface area contributed by atoms with E-state index in [0.29, 0.717) is 65.8 Å². The van der Waals surface area contributed by atoms with Crippen LogP contribution in [0.2, 0.25) is 0 Å². The number of nitrogens with zero attached hydrogens (tertiary/aromatic N) is 4. The van der Waals surface area contributed by atoms with Crippen molar-refractivity contribution in [3.63, 3.8) is 0 Å². The number of ether oxygens (including phenoxy) is 2. The highest BCUT2D eigenvalue weighted by atomic mass is 16.5. The fraction of sp³-hybridized carbons (Fsp3) is 0.200. The van der Waals surface area contributed by atoms with Crippen molar-refractivity contribution < 1.29 is 23.6 Å². The maximum atomic E-state index is 13.5. The van der Waals surface area contributed by atoms with Gasteiger partial charge in [-0.15, -0.1) is 0 Å². The highest BCUT2D eigenvalue weighted by molar-refractivity contribution is 6.26. The molecule has 3 heterocycles. The zero-order valence-corrected chi connectivity index (χ0v) is 19.5. The number of carbonyl (C=O) groups excluding carboxylic acids is 2. The molecule has 0 saturated carbocycles. The van der Waals surface area contributed by atoms with Crippen molar-refractivity contribution in [3.05, 3.63) is 72.2 Å². The minimum absolute atomic E-state index is 0.0445. The third-order valence-corrected chi connectivity index (χ3v) is 6.05. The SMILES string of the molecule is [CH]c1noc(COc2ccc(-c3n[nH]c4c3C(=O)c3c(NC(=O)NN5CCOCC5)cccc3-4)cc2)n1. The standard InChI is InChI=1S/C25H21N7O5/c1-14-26-19(37-31-14)13-36-16-7-5-15(6-8-16)22-21-23(29-28-22)17-3-2-4-18(20(17)24(21)33)27-25(34)30-32-9-11-35-12-10-32/h1-8H,9-13H2,(H,28,29)(H2,27,30,34). The van der Waals surface area contributed by atoms with Gasteiger partial charge in [-0.1, -0.05) is 17.3 Å². The van der Waals surface area contributed by atoms with Crippen LogP contribution in [0.4, 0.5) is 10.5 Å². The van der Waals surface area contributed by atoms with E-state index >= 15 is 0 Å². The summed E-state index contributed by atoms with van der Waals surface area (Å²) >= 11 is 0. The van der Waals surface area contributed by atoms with E-state index in [1.165, 1.54) is 0 Å². The van der Waals surface area contributed by atoms with Crippen LogP contribution in [0.3, 0.4) is 0 Å². The second-order valence-electron chi connectivity index (χ2n) is 8.40. The maximum absolute atomic E-state index is 13.5. The molecule has 0 spiro atoms. The van der Waals surface area contributed by atoms with Gasteiger partial charge in [0.2, 0.25) is 0 Å². The summed E-state index contributed by atoms with van der Waals surface area (Å²) in [5.74, 6) is 0.659. The topological polar surface area (TPSA) is 148 Å². The summed E-state index contributed by atoms with van der Waals surface area (Å²) in [6.45, 7) is 7.79. The number of rotatable bonds is 6. The molecule has 0 bridgehead atoms. The van der Waals surface area contributed by atoms with Crippen LogP contribution in [-0.4, -0.2) is 63.5 Å². The molecule has 37 heavy (non-hydrogen) atoms. The van der Waals surface area contributed by atoms with Crippen LogP contribution in [0, 0.1) is 6.92 Å². The molecule has 3 N–H and O–H groups in total. The number of hydrogen-bond donors (Lipinski definition) is 3. The molecule has 0 unspecified atom stereocenters. The number of ketones is 1. The lowest BCUT2D eigenvalue weighted by Crippen LogP contribution is -2.49. The number of morpholine rings is 1. The minimum atomic E-state index is -0.421. The first-order valence-corrected chi connectivity index (χ1v) is 11.5. The third kappa shape index (κ3) is 4.43. The number of hydrogen-bond acceptors (Lipinski definition) is 9. The van der Waals surface area contributed by atoms with Gasteiger partial charge >= 0.3 is 6.03 Å². The zero-order valence-electron chi connectivity index (χ0n) is 19.5. The van der Waals surface area contributed by atoms with Gasteiger partial charge in [0.25, 0.3) is 5.89 Å². The molecule has 186 valence electrons. The van der Waals surface area contributed by atoms with Gasteiger partial charge in [-0.2, -0.15) is 10.1 Å². The second-order valence-corrected chi connectivity index (χ2v) is 8.40. The summed E-state index contributed by atoms with van der Waals surface area (Å²) in [6, 6.07) is 12.0. The molecular formula is C25H21N7O5. The molecule has 1 saturated heterocycles. The normalized spacial score (nSPS) is 14.8. The number of aromatic amines is 1. The number of fused-ring (bicyclic) bond motifs is 3. The van der Waals surface area contributed by atoms with Crippen molar-refractivity contribution in [1.82, 2.24) is 30.8 Å². The van der Waals surface area contributed by atoms with Gasteiger partial charge in [0, 0.05) is 31.1 Å². The van der Waals surface area contributed by atoms with E-state index in [1.54, 1.807) is 41.4 Å². The predicted octanol–water partition coefficient (Wildman–Crippen LogP) is 2.68. The summed E-state index contributed by atoms with van der Waals surface area (Å²) in [6.07, 6.45) is 0. The van der Waals surface area contributed by atoms with Crippen molar-refractivity contribution in [2.45, 2.75) is 6.61 Å². The quantitative estimate of drug-likeness (QED) is 0.321. The molecule has 2 radical (unpaired) electrons. The lowest BCUT2D eigenvalue weighted by Gasteiger charge is -2.27. The van der Waals surface area contributed by atoms with Gasteiger partial charge in [-0.3, -0.25) is 15.3 Å². The number of carbonyl (C=O) groups is 2. The highest BCUT2D eigenvalue weighted by Gasteiger charge is 2.35. The van der Waals surface area contributed by atoms with Gasteiger partial charge < -0.3 is 19.3 Å². The molecule has 2 aromatic carbocycles. The zero-order chi connectivity index (χ0) is 25.4. The second kappa shape index (κ2) is 9.48. The molecule has 2 aliphatic rings. The molecule has 1 aliphatic heterocycles. The minimum Gasteiger partial charge on any atom is -0.484 e. The molecule has 12 nitrogen and oxygen atoms in total. The Bertz CT molecular complexity index is 1470. The van der Waals surface area contributed by atoms with Crippen molar-refractivity contribution in [2.24, 2.45) is 0 Å². The van der Waals surface area contributed by atoms with Crippen LogP contribution in [-0.2, 0) is 11.3 Å². The van der Waals surface area contributed by atoms with Crippen LogP contribution >= 0.6 is 0 Å². The lowest BCUT2D eigenvalue weighted by atomic mass is 10.0. The Morgan fingerprint density at radius 3 is 2.70 bits per heavy atom. The summed E-state index contributed by atoms with van der Waals surface area (Å²) in [7, 11) is 0. The van der Waals surface area contributed by atoms with Gasteiger partial charge in [0.05, 0.1) is 35.7 Å². The molecule has 0 atom stereocenters. The molecule has 1 fully saturated rings. The first kappa shape index (κ1) is 22.9. The summed E-state index contributed by atoms with van der Waals surface area (Å²) < 4.78 is 15.9. The Morgan fingerprint density at radius 1 is 1.14 bits per heavy atom. The van der Waals surface area contributed by atoms with Gasteiger partial charge in [0.15, 0.2) is 18.2 Å². The fourth-order valence-corrected chi connectivity index (χ4v) is 4.35. The number of amides is 2. The van der Waals surface area contributed by atoms with E-state index in [0.717, 1.165) is 5.56 Å². The number of hydrazine groups is 1. The Kier molecular flexibility index (Phi) is 5.87. The third-order valence-electron chi connectivity index (χ3n) is 6.05. The van der Waals surface area contributed by atoms with E-state index in [1.807, 2.05) is 6.07 Å². The van der Waals surface area contributed by atoms with Gasteiger partial charge in [-0.25, -0.2) is 9.80 Å². The van der Waals surface area contributed by atoms with Crippen molar-refractivity contribution in [1.29, 1.82) is 0 Å². The van der Waals surface area contributed by atoms with E-state index < -0.39 is 6.03 Å². The van der Waals surface area contributed by atoms with Gasteiger partial charge in [0.1, 0.15) is 11.4 Å². The summed E-state index contributed by atoms with van der Waals surface area (Å²) in [4.78, 5) is 30.0. The average Bonchev–Trinajstić information content (AvgIpc) is 3.60. The number of urea groups is 1. The first-order chi connectivity index (χ1) is 18.1. The summed E-state index contributed by atoms with van der Waals surface area (Å²) in [5.41, 5.74) is 6.62. The molecular weight excluding hydrogens is 478 g/mol. The number of aromatic nitrogens is 4. The fourth-order valence-electron chi connectivity index (χ4n) is 4.35. The first-order valence-electron chi connectivity index (χ1n) is 11.5. The maximum Gasteiger partial charge on any atom is 0.333 e. The number of H-pyrrole nitrogens is 1. The van der Waals surface area contributed by atoms with Gasteiger partial charge in [-0.05, 0) is 30.3 Å². The molecule has 1 aliphatic carbocycles. The Balaban J connectivity index is 1.20. The number of nitrogens with one attached hydrogen (secondary N) is 3. The average molecular weight is 499 g/mol. The van der Waals surface area contributed by atoms with E-state index in [-0.39, 0.29) is 24.1 Å². The lowest BCUT2D eigenvalue weighted by molar-refractivity contribution is 0.0207. The van der Waals surface area contributed by atoms with E-state index in [9.17, 15) is 9.59 Å². The Hall–Kier alpha value is -4.55. The van der Waals surface area contributed by atoms with Crippen molar-refractivity contribution >= 4 is 17.5 Å². The van der Waals surface area contributed by atoms with Crippen LogP contribution in [0.1, 0.15) is 27.6 Å². The van der Waals surface area contributed by atoms with Crippen LogP contribution in [0.15, 0.2) is 47.0 Å². The van der Waals surface area contributed by atoms with Crippen LogP contribution < -0.4 is 15.5 Å². The van der Waals surface area contributed by atoms with Crippen molar-refractivity contribution in [3.8, 4) is 28.3 Å². The predicted molar refractivity (Wildman–Crippen MR) is 129 cm³/mol. The molecule has 2 aromatic heterocycles. The van der Waals surface area contributed by atoms with Crippen LogP contribution in [0.25, 0.3) is 22.5 Å². The largest absolute Gasteiger partial charge is 0.484 e. The van der Waals surface area contributed by atoms with Crippen LogP contribution in [0.5, 0.6) is 5.75 Å². The Morgan fingerprint density at radius 2 is 1.95 bits per heavy atom. The Labute approximate surface area is 210 Å². The van der Waals surface area contributed by atoms with Crippen molar-refractivity contribution in [2.75, 3.05) is 31.6 Å². The smallest absolute Gasteiger partial charge is 0.333 e. The highest BCUT2D eigenvalue weighted by Crippen LogP contribution is 2.43. The molecule has 4 aromatic rings. The summed E-state index contributed by atoms with van der Waals surface area (Å²) in [5, 5.41) is 15.5. The molecule has 2 amide bonds. The van der Waals surface area contributed by atoms with E-state index in [4.69, 9.17) is 20.9 Å². The monoisotopic (exact) mass is 499 g/mol. The molecule has 6 rings (SSSR count). The number of benzene rings is 2. The number of anilines is 1. The van der Waals surface area contributed by atoms with E-state index in [2.05, 4.69) is 31.1 Å².